The number of carbonyl (C=O) groups is 3. The molecule has 0 radical (unpaired) electrons. The second-order valence-electron chi connectivity index (χ2n) is 7.98. The molecule has 3 aromatic rings. The van der Waals surface area contributed by atoms with Gasteiger partial charge in [0.1, 0.15) is 5.00 Å². The SMILES string of the molecule is CCOC(=O)c1c(NC(=O)[C@H](C)OC(=O)Cc2n[nH]c(=O)c3ccccc23)sc2c1CCCC2. The van der Waals surface area contributed by atoms with Crippen LogP contribution in [0.5, 0.6) is 0 Å². The lowest BCUT2D eigenvalue weighted by Gasteiger charge is -2.14. The zero-order valence-corrected chi connectivity index (χ0v) is 19.8. The van der Waals surface area contributed by atoms with Crippen molar-refractivity contribution in [3.8, 4) is 0 Å². The summed E-state index contributed by atoms with van der Waals surface area (Å²) in [6, 6.07) is 6.81. The number of aromatic amines is 1. The molecule has 1 atom stereocenters. The molecule has 2 N–H and O–H groups in total. The minimum absolute atomic E-state index is 0.212. The number of benzene rings is 1. The molecule has 178 valence electrons. The molecular weight excluding hydrogens is 458 g/mol. The molecule has 4 rings (SSSR count). The standard InChI is InChI=1S/C24H25N3O6S/c1-3-32-24(31)20-16-10-6-7-11-18(16)34-23(20)25-21(29)13(2)33-19(28)12-17-14-8-4-5-9-15(14)22(30)27-26-17/h4-5,8-9,13H,3,6-7,10-12H2,1-2H3,(H,25,29)(H,27,30)/t13-/m0/s1. The molecule has 1 aliphatic carbocycles. The van der Waals surface area contributed by atoms with E-state index in [1.54, 1.807) is 31.2 Å². The lowest BCUT2D eigenvalue weighted by molar-refractivity contribution is -0.152. The molecule has 2 heterocycles. The van der Waals surface area contributed by atoms with Gasteiger partial charge in [-0.15, -0.1) is 11.3 Å². The van der Waals surface area contributed by atoms with Gasteiger partial charge in [-0.3, -0.25) is 14.4 Å². The molecule has 0 fully saturated rings. The number of hydrogen-bond donors (Lipinski definition) is 2. The summed E-state index contributed by atoms with van der Waals surface area (Å²) in [5.74, 6) is -1.67. The van der Waals surface area contributed by atoms with Gasteiger partial charge >= 0.3 is 11.9 Å². The van der Waals surface area contributed by atoms with E-state index in [9.17, 15) is 19.2 Å². The van der Waals surface area contributed by atoms with Gasteiger partial charge in [0.25, 0.3) is 11.5 Å². The largest absolute Gasteiger partial charge is 0.462 e. The average Bonchev–Trinajstić information content (AvgIpc) is 3.19. The van der Waals surface area contributed by atoms with Crippen LogP contribution >= 0.6 is 11.3 Å². The Morgan fingerprint density at radius 3 is 2.68 bits per heavy atom. The van der Waals surface area contributed by atoms with E-state index in [0.29, 0.717) is 27.0 Å². The quantitative estimate of drug-likeness (QED) is 0.494. The normalized spacial score (nSPS) is 13.7. The van der Waals surface area contributed by atoms with E-state index in [2.05, 4.69) is 15.5 Å². The molecule has 10 heteroatoms. The number of nitrogens with one attached hydrogen (secondary N) is 2. The van der Waals surface area contributed by atoms with Crippen molar-refractivity contribution >= 4 is 45.0 Å². The minimum Gasteiger partial charge on any atom is -0.462 e. The Hall–Kier alpha value is -3.53. The van der Waals surface area contributed by atoms with E-state index in [0.717, 1.165) is 36.1 Å². The lowest BCUT2D eigenvalue weighted by Crippen LogP contribution is -2.31. The van der Waals surface area contributed by atoms with Gasteiger partial charge in [0, 0.05) is 10.3 Å². The van der Waals surface area contributed by atoms with E-state index >= 15 is 0 Å². The molecule has 34 heavy (non-hydrogen) atoms. The fraction of sp³-hybridized carbons (Fsp3) is 0.375. The third-order valence-corrected chi connectivity index (χ3v) is 6.86. The fourth-order valence-electron chi connectivity index (χ4n) is 4.02. The molecule has 1 amide bonds. The van der Waals surface area contributed by atoms with Gasteiger partial charge in [-0.1, -0.05) is 18.2 Å². The van der Waals surface area contributed by atoms with E-state index in [4.69, 9.17) is 9.47 Å². The number of nitrogens with zero attached hydrogens (tertiary/aromatic N) is 1. The Labute approximate surface area is 199 Å². The van der Waals surface area contributed by atoms with Crippen LogP contribution in [0.1, 0.15) is 53.2 Å². The summed E-state index contributed by atoms with van der Waals surface area (Å²) < 4.78 is 10.5. The summed E-state index contributed by atoms with van der Waals surface area (Å²) in [5, 5.41) is 10.5. The molecule has 0 aliphatic heterocycles. The number of anilines is 1. The first kappa shape index (κ1) is 23.6. The predicted octanol–water partition coefficient (Wildman–Crippen LogP) is 3.15. The van der Waals surface area contributed by atoms with Gasteiger partial charge in [-0.2, -0.15) is 5.10 Å². The first-order valence-electron chi connectivity index (χ1n) is 11.2. The number of thiophene rings is 1. The number of aryl methyl sites for hydroxylation is 1. The molecular formula is C24H25N3O6S. The Morgan fingerprint density at radius 2 is 1.91 bits per heavy atom. The number of esters is 2. The molecule has 0 saturated carbocycles. The van der Waals surface area contributed by atoms with Crippen molar-refractivity contribution in [2.45, 2.75) is 52.1 Å². The highest BCUT2D eigenvalue weighted by atomic mass is 32.1. The highest BCUT2D eigenvalue weighted by Gasteiger charge is 2.29. The van der Waals surface area contributed by atoms with E-state index in [1.165, 1.54) is 18.3 Å². The zero-order valence-electron chi connectivity index (χ0n) is 18.9. The van der Waals surface area contributed by atoms with Crippen LogP contribution in [0.4, 0.5) is 5.00 Å². The number of amides is 1. The Kier molecular flexibility index (Phi) is 7.06. The first-order valence-corrected chi connectivity index (χ1v) is 12.0. The van der Waals surface area contributed by atoms with E-state index in [1.807, 2.05) is 0 Å². The van der Waals surface area contributed by atoms with Crippen LogP contribution in [0.15, 0.2) is 29.1 Å². The zero-order chi connectivity index (χ0) is 24.2. The molecule has 0 spiro atoms. The molecule has 9 nitrogen and oxygen atoms in total. The number of fused-ring (bicyclic) bond motifs is 2. The number of H-pyrrole nitrogens is 1. The van der Waals surface area contributed by atoms with Crippen molar-refractivity contribution in [1.29, 1.82) is 0 Å². The van der Waals surface area contributed by atoms with E-state index < -0.39 is 23.9 Å². The highest BCUT2D eigenvalue weighted by molar-refractivity contribution is 7.17. The Morgan fingerprint density at radius 1 is 1.18 bits per heavy atom. The lowest BCUT2D eigenvalue weighted by atomic mass is 9.95. The maximum Gasteiger partial charge on any atom is 0.341 e. The summed E-state index contributed by atoms with van der Waals surface area (Å²) >= 11 is 1.37. The van der Waals surface area contributed by atoms with Crippen molar-refractivity contribution in [2.24, 2.45) is 0 Å². The molecule has 1 aromatic carbocycles. The smallest absolute Gasteiger partial charge is 0.341 e. The summed E-state index contributed by atoms with van der Waals surface area (Å²) in [5.41, 5.74) is 1.34. The van der Waals surface area contributed by atoms with Crippen molar-refractivity contribution in [3.05, 3.63) is 56.3 Å². The van der Waals surface area contributed by atoms with Crippen LogP contribution < -0.4 is 10.9 Å². The van der Waals surface area contributed by atoms with E-state index in [-0.39, 0.29) is 18.6 Å². The third-order valence-electron chi connectivity index (χ3n) is 5.65. The van der Waals surface area contributed by atoms with Crippen molar-refractivity contribution < 1.29 is 23.9 Å². The van der Waals surface area contributed by atoms with Crippen LogP contribution in [0.25, 0.3) is 10.8 Å². The van der Waals surface area contributed by atoms with Gasteiger partial charge in [-0.25, -0.2) is 9.89 Å². The molecule has 0 unspecified atom stereocenters. The number of aromatic nitrogens is 2. The van der Waals surface area contributed by atoms with Crippen molar-refractivity contribution in [3.63, 3.8) is 0 Å². The number of carbonyl (C=O) groups excluding carboxylic acids is 3. The summed E-state index contributed by atoms with van der Waals surface area (Å²) in [4.78, 5) is 50.9. The van der Waals surface area contributed by atoms with Gasteiger partial charge in [0.2, 0.25) is 0 Å². The van der Waals surface area contributed by atoms with Crippen LogP contribution in [-0.2, 0) is 38.3 Å². The summed E-state index contributed by atoms with van der Waals surface area (Å²) in [6.07, 6.45) is 2.31. The van der Waals surface area contributed by atoms with Crippen molar-refractivity contribution in [1.82, 2.24) is 10.2 Å². The predicted molar refractivity (Wildman–Crippen MR) is 127 cm³/mol. The van der Waals surface area contributed by atoms with Gasteiger partial charge in [0.15, 0.2) is 6.10 Å². The molecule has 1 aliphatic rings. The summed E-state index contributed by atoms with van der Waals surface area (Å²) in [6.45, 7) is 3.43. The monoisotopic (exact) mass is 483 g/mol. The van der Waals surface area contributed by atoms with Crippen molar-refractivity contribution in [2.75, 3.05) is 11.9 Å². The van der Waals surface area contributed by atoms with Crippen LogP contribution in [-0.4, -0.2) is 40.8 Å². The van der Waals surface area contributed by atoms with Crippen LogP contribution in [0, 0.1) is 0 Å². The third kappa shape index (κ3) is 4.86. The number of ether oxygens (including phenoxy) is 2. The number of rotatable bonds is 7. The Bertz CT molecular complexity index is 1310. The number of hydrogen-bond acceptors (Lipinski definition) is 8. The molecule has 0 saturated heterocycles. The molecule has 2 aromatic heterocycles. The average molecular weight is 484 g/mol. The summed E-state index contributed by atoms with van der Waals surface area (Å²) in [7, 11) is 0. The topological polar surface area (TPSA) is 127 Å². The highest BCUT2D eigenvalue weighted by Crippen LogP contribution is 2.38. The molecule has 0 bridgehead atoms. The maximum atomic E-state index is 12.8. The van der Waals surface area contributed by atoms with Gasteiger partial charge in [-0.05, 0) is 51.2 Å². The minimum atomic E-state index is -1.10. The van der Waals surface area contributed by atoms with Crippen LogP contribution in [0.3, 0.4) is 0 Å². The van der Waals surface area contributed by atoms with Crippen LogP contribution in [0.2, 0.25) is 0 Å². The second kappa shape index (κ2) is 10.2. The first-order chi connectivity index (χ1) is 16.4. The fourth-order valence-corrected chi connectivity index (χ4v) is 5.30. The van der Waals surface area contributed by atoms with Gasteiger partial charge in [0.05, 0.1) is 29.7 Å². The van der Waals surface area contributed by atoms with Gasteiger partial charge < -0.3 is 14.8 Å². The second-order valence-corrected chi connectivity index (χ2v) is 9.08. The maximum absolute atomic E-state index is 12.8. The Balaban J connectivity index is 1.46.